The van der Waals surface area contributed by atoms with Crippen molar-refractivity contribution in [1.29, 1.82) is 0 Å². The Morgan fingerprint density at radius 3 is 2.71 bits per heavy atom. The number of halogens is 3. The van der Waals surface area contributed by atoms with E-state index in [1.165, 1.54) is 12.3 Å². The van der Waals surface area contributed by atoms with Crippen LogP contribution in [-0.4, -0.2) is 30.2 Å². The number of nitrogens with one attached hydrogen (secondary N) is 1. The van der Waals surface area contributed by atoms with Gasteiger partial charge in [-0.15, -0.1) is 0 Å². The van der Waals surface area contributed by atoms with E-state index in [4.69, 9.17) is 0 Å². The molecular weight excluding hydrogens is 199 g/mol. The highest BCUT2D eigenvalue weighted by Gasteiger charge is 2.27. The second kappa shape index (κ2) is 4.28. The van der Waals surface area contributed by atoms with Gasteiger partial charge in [-0.05, 0) is 12.1 Å². The Balaban J connectivity index is 2.30. The van der Waals surface area contributed by atoms with Crippen LogP contribution in [0.4, 0.5) is 13.2 Å². The molecule has 1 aromatic heterocycles. The van der Waals surface area contributed by atoms with E-state index in [9.17, 15) is 18.0 Å². The van der Waals surface area contributed by atoms with E-state index in [0.717, 1.165) is 0 Å². The normalized spacial score (nSPS) is 11.6. The molecule has 1 heterocycles. The summed E-state index contributed by atoms with van der Waals surface area (Å²) in [5.41, 5.74) is 0.243. The van der Waals surface area contributed by atoms with Gasteiger partial charge in [0.1, 0.15) is 13.2 Å². The molecule has 1 aromatic rings. The van der Waals surface area contributed by atoms with Gasteiger partial charge in [-0.3, -0.25) is 4.79 Å². The largest absolute Gasteiger partial charge is 0.411 e. The Bertz CT molecular complexity index is 292. The summed E-state index contributed by atoms with van der Waals surface area (Å²) in [5, 5.41) is 0. The number of ether oxygens (including phenoxy) is 1. The van der Waals surface area contributed by atoms with Crippen LogP contribution in [0.3, 0.4) is 0 Å². The molecule has 0 aromatic carbocycles. The highest BCUT2D eigenvalue weighted by molar-refractivity contribution is 5.95. The standard InChI is InChI=1S/C8H8F3NO2/c9-8(10,11)5-14-4-7(13)6-2-1-3-12-6/h1-3,12H,4-5H2. The fourth-order valence-electron chi connectivity index (χ4n) is 0.841. The molecule has 1 rings (SSSR count). The molecule has 0 amide bonds. The summed E-state index contributed by atoms with van der Waals surface area (Å²) < 4.78 is 39.0. The number of aromatic nitrogens is 1. The van der Waals surface area contributed by atoms with Gasteiger partial charge >= 0.3 is 6.18 Å². The first-order valence-electron chi connectivity index (χ1n) is 3.80. The van der Waals surface area contributed by atoms with Gasteiger partial charge in [-0.25, -0.2) is 0 Å². The summed E-state index contributed by atoms with van der Waals surface area (Å²) in [5.74, 6) is -0.501. The monoisotopic (exact) mass is 207 g/mol. The molecule has 14 heavy (non-hydrogen) atoms. The second-order valence-corrected chi connectivity index (χ2v) is 2.61. The third kappa shape index (κ3) is 3.61. The highest BCUT2D eigenvalue weighted by atomic mass is 19.4. The fourth-order valence-corrected chi connectivity index (χ4v) is 0.841. The molecule has 0 aliphatic heterocycles. The van der Waals surface area contributed by atoms with Crippen LogP contribution in [0.15, 0.2) is 18.3 Å². The summed E-state index contributed by atoms with van der Waals surface area (Å²) in [7, 11) is 0. The van der Waals surface area contributed by atoms with E-state index >= 15 is 0 Å². The first kappa shape index (κ1) is 10.8. The van der Waals surface area contributed by atoms with E-state index in [-0.39, 0.29) is 5.69 Å². The van der Waals surface area contributed by atoms with E-state index in [1.807, 2.05) is 0 Å². The quantitative estimate of drug-likeness (QED) is 0.764. The van der Waals surface area contributed by atoms with Crippen LogP contribution < -0.4 is 0 Å². The van der Waals surface area contributed by atoms with Gasteiger partial charge in [-0.2, -0.15) is 13.2 Å². The number of hydrogen-bond donors (Lipinski definition) is 1. The van der Waals surface area contributed by atoms with Gasteiger partial charge in [-0.1, -0.05) is 0 Å². The maximum Gasteiger partial charge on any atom is 0.411 e. The van der Waals surface area contributed by atoms with E-state index in [2.05, 4.69) is 9.72 Å². The van der Waals surface area contributed by atoms with Crippen molar-refractivity contribution in [2.75, 3.05) is 13.2 Å². The SMILES string of the molecule is O=C(COCC(F)(F)F)c1ccc[nH]1. The van der Waals surface area contributed by atoms with Crippen molar-refractivity contribution in [3.05, 3.63) is 24.0 Å². The van der Waals surface area contributed by atoms with E-state index < -0.39 is 25.2 Å². The minimum atomic E-state index is -4.39. The minimum absolute atomic E-state index is 0.243. The topological polar surface area (TPSA) is 42.1 Å². The van der Waals surface area contributed by atoms with Gasteiger partial charge in [0.25, 0.3) is 0 Å². The first-order chi connectivity index (χ1) is 6.49. The predicted molar refractivity (Wildman–Crippen MR) is 42.0 cm³/mol. The van der Waals surface area contributed by atoms with Crippen LogP contribution in [-0.2, 0) is 4.74 Å². The first-order valence-corrected chi connectivity index (χ1v) is 3.80. The number of H-pyrrole nitrogens is 1. The number of carbonyl (C=O) groups is 1. The van der Waals surface area contributed by atoms with Crippen LogP contribution in [0.5, 0.6) is 0 Å². The molecular formula is C8H8F3NO2. The average Bonchev–Trinajstić information content (AvgIpc) is 2.53. The molecule has 0 fully saturated rings. The highest BCUT2D eigenvalue weighted by Crippen LogP contribution is 2.14. The third-order valence-electron chi connectivity index (χ3n) is 1.40. The number of rotatable bonds is 4. The lowest BCUT2D eigenvalue weighted by Crippen LogP contribution is -2.20. The van der Waals surface area contributed by atoms with Crippen LogP contribution in [0.25, 0.3) is 0 Å². The van der Waals surface area contributed by atoms with E-state index in [0.29, 0.717) is 0 Å². The molecule has 0 atom stereocenters. The second-order valence-electron chi connectivity index (χ2n) is 2.61. The minimum Gasteiger partial charge on any atom is -0.364 e. The lowest BCUT2D eigenvalue weighted by Gasteiger charge is -2.05. The molecule has 6 heteroatoms. The number of ketones is 1. The summed E-state index contributed by atoms with van der Waals surface area (Å²) in [6, 6.07) is 3.05. The van der Waals surface area contributed by atoms with Crippen LogP contribution >= 0.6 is 0 Å². The zero-order valence-electron chi connectivity index (χ0n) is 7.10. The molecule has 0 spiro atoms. The number of alkyl halides is 3. The van der Waals surface area contributed by atoms with Crippen LogP contribution in [0.2, 0.25) is 0 Å². The van der Waals surface area contributed by atoms with Crippen molar-refractivity contribution in [1.82, 2.24) is 4.98 Å². The van der Waals surface area contributed by atoms with Gasteiger partial charge < -0.3 is 9.72 Å². The van der Waals surface area contributed by atoms with Gasteiger partial charge in [0.15, 0.2) is 0 Å². The van der Waals surface area contributed by atoms with Gasteiger partial charge in [0, 0.05) is 6.20 Å². The Morgan fingerprint density at radius 2 is 2.21 bits per heavy atom. The lowest BCUT2D eigenvalue weighted by molar-refractivity contribution is -0.170. The van der Waals surface area contributed by atoms with Gasteiger partial charge in [0.05, 0.1) is 5.69 Å². The molecule has 0 bridgehead atoms. The predicted octanol–water partition coefficient (Wildman–Crippen LogP) is 1.78. The van der Waals surface area contributed by atoms with Crippen LogP contribution in [0, 0.1) is 0 Å². The van der Waals surface area contributed by atoms with Crippen molar-refractivity contribution in [2.45, 2.75) is 6.18 Å². The Hall–Kier alpha value is -1.30. The number of hydrogen-bond acceptors (Lipinski definition) is 2. The van der Waals surface area contributed by atoms with Crippen molar-refractivity contribution in [2.24, 2.45) is 0 Å². The maximum atomic E-state index is 11.6. The summed E-state index contributed by atoms with van der Waals surface area (Å²) in [6.45, 7) is -1.97. The number of Topliss-reactive ketones (excluding diaryl/α,β-unsaturated/α-hetero) is 1. The van der Waals surface area contributed by atoms with Crippen molar-refractivity contribution in [3.8, 4) is 0 Å². The number of aromatic amines is 1. The lowest BCUT2D eigenvalue weighted by atomic mass is 10.3. The average molecular weight is 207 g/mol. The van der Waals surface area contributed by atoms with Crippen LogP contribution in [0.1, 0.15) is 10.5 Å². The molecule has 0 unspecified atom stereocenters. The Kier molecular flexibility index (Phi) is 3.29. The molecule has 0 radical (unpaired) electrons. The molecule has 0 aliphatic rings. The van der Waals surface area contributed by atoms with Crippen molar-refractivity contribution >= 4 is 5.78 Å². The van der Waals surface area contributed by atoms with Crippen molar-refractivity contribution in [3.63, 3.8) is 0 Å². The summed E-state index contributed by atoms with van der Waals surface area (Å²) in [6.07, 6.45) is -2.88. The maximum absolute atomic E-state index is 11.6. The van der Waals surface area contributed by atoms with E-state index in [1.54, 1.807) is 6.07 Å². The fraction of sp³-hybridized carbons (Fsp3) is 0.375. The molecule has 0 aliphatic carbocycles. The molecule has 0 saturated heterocycles. The Morgan fingerprint density at radius 1 is 1.50 bits per heavy atom. The zero-order chi connectivity index (χ0) is 10.6. The molecule has 78 valence electrons. The molecule has 0 saturated carbocycles. The zero-order valence-corrected chi connectivity index (χ0v) is 7.10. The summed E-state index contributed by atoms with van der Waals surface area (Å²) in [4.78, 5) is 13.6. The molecule has 1 N–H and O–H groups in total. The number of carbonyl (C=O) groups excluding carboxylic acids is 1. The smallest absolute Gasteiger partial charge is 0.364 e. The van der Waals surface area contributed by atoms with Crippen molar-refractivity contribution < 1.29 is 22.7 Å². The molecule has 3 nitrogen and oxygen atoms in total. The Labute approximate surface area is 77.9 Å². The summed E-state index contributed by atoms with van der Waals surface area (Å²) >= 11 is 0. The third-order valence-corrected chi connectivity index (χ3v) is 1.40. The van der Waals surface area contributed by atoms with Gasteiger partial charge in [0.2, 0.25) is 5.78 Å².